The van der Waals surface area contributed by atoms with Crippen LogP contribution in [0.1, 0.15) is 30.8 Å². The molecule has 0 radical (unpaired) electrons. The maximum atomic E-state index is 13.8. The lowest BCUT2D eigenvalue weighted by Crippen LogP contribution is -2.54. The summed E-state index contributed by atoms with van der Waals surface area (Å²) in [5.74, 6) is -2.60. The second kappa shape index (κ2) is 11.6. The van der Waals surface area contributed by atoms with Gasteiger partial charge in [-0.1, -0.05) is 36.4 Å². The van der Waals surface area contributed by atoms with E-state index in [-0.39, 0.29) is 36.0 Å². The molecule has 1 aromatic heterocycles. The van der Waals surface area contributed by atoms with Crippen LogP contribution < -0.4 is 20.4 Å². The number of benzene rings is 2. The second-order valence-corrected chi connectivity index (χ2v) is 9.17. The van der Waals surface area contributed by atoms with Crippen LogP contribution in [-0.2, 0) is 24.0 Å². The van der Waals surface area contributed by atoms with Crippen LogP contribution in [-0.4, -0.2) is 65.9 Å². The van der Waals surface area contributed by atoms with Crippen molar-refractivity contribution in [1.29, 1.82) is 0 Å². The number of carbonyl (C=O) groups is 6. The Labute approximate surface area is 224 Å². The van der Waals surface area contributed by atoms with Crippen molar-refractivity contribution in [3.63, 3.8) is 0 Å². The van der Waals surface area contributed by atoms with Gasteiger partial charge in [-0.15, -0.1) is 0 Å². The summed E-state index contributed by atoms with van der Waals surface area (Å²) in [6.07, 6.45) is 1.76. The van der Waals surface area contributed by atoms with E-state index in [0.717, 1.165) is 10.3 Å². The molecule has 2 heterocycles. The average molecular weight is 530 g/mol. The quantitative estimate of drug-likeness (QED) is 0.420. The molecule has 0 aliphatic carbocycles. The van der Waals surface area contributed by atoms with Crippen molar-refractivity contribution in [3.8, 4) is 0 Å². The Kier molecular flexibility index (Phi) is 8.09. The molecule has 2 atom stereocenters. The number of para-hydroxylation sites is 2. The molecule has 200 valence electrons. The van der Waals surface area contributed by atoms with Crippen molar-refractivity contribution in [1.82, 2.24) is 15.6 Å². The largest absolute Gasteiger partial charge is 0.345 e. The predicted molar refractivity (Wildman–Crippen MR) is 143 cm³/mol. The summed E-state index contributed by atoms with van der Waals surface area (Å²) >= 11 is 0. The molecular weight excluding hydrogens is 502 g/mol. The number of aromatic nitrogens is 1. The van der Waals surface area contributed by atoms with Crippen LogP contribution >= 0.6 is 0 Å². The number of nitrogens with one attached hydrogen (secondary N) is 2. The number of hydrogen-bond donors (Lipinski definition) is 2. The van der Waals surface area contributed by atoms with Gasteiger partial charge < -0.3 is 20.3 Å². The lowest BCUT2D eigenvalue weighted by atomic mass is 10.1. The third-order valence-corrected chi connectivity index (χ3v) is 6.29. The third-order valence-electron chi connectivity index (χ3n) is 6.29. The minimum atomic E-state index is -1.22. The topological polar surface area (TPSA) is 146 Å². The summed E-state index contributed by atoms with van der Waals surface area (Å²) in [6.45, 7) is 1.95. The molecule has 11 nitrogen and oxygen atoms in total. The number of rotatable bonds is 8. The van der Waals surface area contributed by atoms with Gasteiger partial charge in [0.2, 0.25) is 11.8 Å². The van der Waals surface area contributed by atoms with Crippen LogP contribution in [0.25, 0.3) is 10.8 Å². The van der Waals surface area contributed by atoms with Gasteiger partial charge in [0.05, 0.1) is 24.0 Å². The predicted octanol–water partition coefficient (Wildman–Crippen LogP) is 1.40. The Morgan fingerprint density at radius 2 is 1.72 bits per heavy atom. The van der Waals surface area contributed by atoms with E-state index < -0.39 is 36.3 Å². The van der Waals surface area contributed by atoms with Crippen molar-refractivity contribution in [2.45, 2.75) is 32.4 Å². The molecule has 3 aromatic rings. The number of pyridine rings is 1. The van der Waals surface area contributed by atoms with Crippen molar-refractivity contribution in [2.24, 2.45) is 0 Å². The Morgan fingerprint density at radius 1 is 1.03 bits per heavy atom. The molecule has 39 heavy (non-hydrogen) atoms. The zero-order chi connectivity index (χ0) is 28.1. The van der Waals surface area contributed by atoms with E-state index in [1.807, 2.05) is 12.1 Å². The summed E-state index contributed by atoms with van der Waals surface area (Å²) in [7, 11) is 0. The highest BCUT2D eigenvalue weighted by molar-refractivity contribution is 6.12. The first-order chi connectivity index (χ1) is 18.7. The third kappa shape index (κ3) is 5.98. The van der Waals surface area contributed by atoms with Gasteiger partial charge in [0.1, 0.15) is 30.3 Å². The van der Waals surface area contributed by atoms with Crippen LogP contribution in [0.4, 0.5) is 11.4 Å². The molecule has 0 fully saturated rings. The van der Waals surface area contributed by atoms with Crippen LogP contribution in [0.5, 0.6) is 0 Å². The van der Waals surface area contributed by atoms with E-state index in [9.17, 15) is 28.8 Å². The minimum absolute atomic E-state index is 0.111. The summed E-state index contributed by atoms with van der Waals surface area (Å²) in [5.41, 5.74) is 0.767. The number of aldehydes is 1. The van der Waals surface area contributed by atoms with Crippen LogP contribution in [0, 0.1) is 0 Å². The molecule has 4 amide bonds. The Morgan fingerprint density at radius 3 is 2.41 bits per heavy atom. The molecule has 0 saturated heterocycles. The molecule has 11 heteroatoms. The summed E-state index contributed by atoms with van der Waals surface area (Å²) in [6, 6.07) is 13.2. The van der Waals surface area contributed by atoms with E-state index in [0.29, 0.717) is 17.4 Å². The first-order valence-electron chi connectivity index (χ1n) is 12.3. The summed E-state index contributed by atoms with van der Waals surface area (Å²) in [4.78, 5) is 82.2. The Bertz CT molecular complexity index is 1470. The van der Waals surface area contributed by atoms with Crippen LogP contribution in [0.15, 0.2) is 60.8 Å². The highest BCUT2D eigenvalue weighted by Crippen LogP contribution is 2.33. The van der Waals surface area contributed by atoms with Crippen molar-refractivity contribution in [3.05, 3.63) is 66.5 Å². The number of ketones is 1. The molecule has 0 saturated carbocycles. The normalized spacial score (nSPS) is 15.6. The molecule has 4 rings (SSSR count). The highest BCUT2D eigenvalue weighted by atomic mass is 16.2. The van der Waals surface area contributed by atoms with E-state index in [2.05, 4.69) is 15.6 Å². The van der Waals surface area contributed by atoms with Crippen LogP contribution in [0.3, 0.4) is 0 Å². The molecule has 2 aromatic carbocycles. The maximum Gasteiger partial charge on any atom is 0.271 e. The van der Waals surface area contributed by atoms with Gasteiger partial charge in [0.25, 0.3) is 11.8 Å². The van der Waals surface area contributed by atoms with Gasteiger partial charge in [-0.25, -0.2) is 0 Å². The molecule has 2 N–H and O–H groups in total. The van der Waals surface area contributed by atoms with Crippen LogP contribution in [0.2, 0.25) is 0 Å². The fourth-order valence-corrected chi connectivity index (χ4v) is 4.52. The van der Waals surface area contributed by atoms with Gasteiger partial charge in [0.15, 0.2) is 0 Å². The number of Topliss-reactive ketones (excluding diaryl/α,β-unsaturated/α-hetero) is 1. The van der Waals surface area contributed by atoms with Crippen molar-refractivity contribution in [2.75, 3.05) is 22.9 Å². The average Bonchev–Trinajstić information content (AvgIpc) is 3.02. The van der Waals surface area contributed by atoms with Gasteiger partial charge in [-0.2, -0.15) is 0 Å². The van der Waals surface area contributed by atoms with E-state index in [1.54, 1.807) is 42.5 Å². The van der Waals surface area contributed by atoms with E-state index >= 15 is 0 Å². The standard InChI is InChI=1S/C28H27N5O6/c1-17(35)13-20(16-34)30-25(37)15-33-24-10-6-5-9-23(24)32(18(2)36)14-22(28(33)39)31-27(38)26-21-8-4-3-7-19(21)11-12-29-26/h3-12,16,20,22H,13-15H2,1-2H3,(H,30,37)(H,31,38)/t20-,22-/m0/s1. The number of fused-ring (bicyclic) bond motifs is 2. The first-order valence-corrected chi connectivity index (χ1v) is 12.3. The number of nitrogens with zero attached hydrogens (tertiary/aromatic N) is 3. The fourth-order valence-electron chi connectivity index (χ4n) is 4.52. The molecular formula is C28H27N5O6. The zero-order valence-corrected chi connectivity index (χ0v) is 21.4. The number of hydrogen-bond acceptors (Lipinski definition) is 7. The highest BCUT2D eigenvalue weighted by Gasteiger charge is 2.37. The lowest BCUT2D eigenvalue weighted by Gasteiger charge is -2.25. The van der Waals surface area contributed by atoms with E-state index in [4.69, 9.17) is 0 Å². The summed E-state index contributed by atoms with van der Waals surface area (Å²) in [5, 5.41) is 6.53. The zero-order valence-electron chi connectivity index (χ0n) is 21.4. The van der Waals surface area contributed by atoms with Gasteiger partial charge >= 0.3 is 0 Å². The monoisotopic (exact) mass is 529 g/mol. The number of carbonyl (C=O) groups excluding carboxylic acids is 6. The van der Waals surface area contributed by atoms with Crippen molar-refractivity contribution >= 4 is 57.8 Å². The van der Waals surface area contributed by atoms with Gasteiger partial charge in [-0.3, -0.25) is 33.9 Å². The molecule has 1 aliphatic rings. The lowest BCUT2D eigenvalue weighted by molar-refractivity contribution is -0.127. The second-order valence-electron chi connectivity index (χ2n) is 9.17. The Balaban J connectivity index is 1.67. The summed E-state index contributed by atoms with van der Waals surface area (Å²) < 4.78 is 0. The smallest absolute Gasteiger partial charge is 0.271 e. The number of anilines is 2. The van der Waals surface area contributed by atoms with Gasteiger partial charge in [0, 0.05) is 24.9 Å². The first kappa shape index (κ1) is 27.1. The molecule has 0 bridgehead atoms. The van der Waals surface area contributed by atoms with E-state index in [1.165, 1.54) is 24.9 Å². The SMILES string of the molecule is CC(=O)C[C@@H](C=O)NC(=O)CN1C(=O)[C@@H](NC(=O)c2nccc3ccccc23)CN(C(C)=O)c2ccccc21. The van der Waals surface area contributed by atoms with Gasteiger partial charge in [-0.05, 0) is 30.5 Å². The van der Waals surface area contributed by atoms with Crippen molar-refractivity contribution < 1.29 is 28.8 Å². The Hall–Kier alpha value is -4.93. The molecule has 0 unspecified atom stereocenters. The fraction of sp³-hybridized carbons (Fsp3) is 0.250. The molecule has 0 spiro atoms. The molecule has 1 aliphatic heterocycles. The maximum absolute atomic E-state index is 13.8. The number of amides is 4. The minimum Gasteiger partial charge on any atom is -0.345 e.